The highest BCUT2D eigenvalue weighted by atomic mass is 16.6. The number of rotatable bonds is 7. The highest BCUT2D eigenvalue weighted by molar-refractivity contribution is 5.71. The van der Waals surface area contributed by atoms with E-state index in [0.717, 1.165) is 0 Å². The fourth-order valence-corrected chi connectivity index (χ4v) is 1.32. The van der Waals surface area contributed by atoms with Crippen molar-refractivity contribution in [2.45, 2.75) is 20.0 Å². The molecule has 0 saturated heterocycles. The third-order valence-corrected chi connectivity index (χ3v) is 2.10. The van der Waals surface area contributed by atoms with E-state index in [4.69, 9.17) is 19.9 Å². The minimum atomic E-state index is -0.426. The van der Waals surface area contributed by atoms with Crippen LogP contribution in [-0.2, 0) is 14.3 Å². The number of hydrogen-bond acceptors (Lipinski definition) is 5. The molecule has 0 amide bonds. The summed E-state index contributed by atoms with van der Waals surface area (Å²) in [6, 6.07) is 6.88. The summed E-state index contributed by atoms with van der Waals surface area (Å²) >= 11 is 0. The Balaban J connectivity index is 2.28. The fraction of sp³-hybridized carbons (Fsp3) is 0.462. The maximum atomic E-state index is 11.4. The number of esters is 1. The largest absolute Gasteiger partial charge is 0.482 e. The summed E-state index contributed by atoms with van der Waals surface area (Å²) in [6.07, 6.45) is -0.276. The predicted molar refractivity (Wildman–Crippen MR) is 68.4 cm³/mol. The Morgan fingerprint density at radius 1 is 1.44 bits per heavy atom. The molecule has 0 fully saturated rings. The van der Waals surface area contributed by atoms with Gasteiger partial charge in [-0.2, -0.15) is 0 Å². The topological polar surface area (TPSA) is 70.8 Å². The summed E-state index contributed by atoms with van der Waals surface area (Å²) < 4.78 is 15.5. The minimum absolute atomic E-state index is 0.139. The van der Waals surface area contributed by atoms with E-state index in [1.54, 1.807) is 31.2 Å². The summed E-state index contributed by atoms with van der Waals surface area (Å²) in [6.45, 7) is 4.51. The number of ether oxygens (including phenoxy) is 3. The van der Waals surface area contributed by atoms with Gasteiger partial charge in [-0.15, -0.1) is 0 Å². The molecule has 0 aliphatic carbocycles. The molecular formula is C13H19NO4. The number of nitrogens with two attached hydrogens (primary N) is 1. The van der Waals surface area contributed by atoms with Crippen molar-refractivity contribution in [1.82, 2.24) is 0 Å². The van der Waals surface area contributed by atoms with Gasteiger partial charge < -0.3 is 19.9 Å². The van der Waals surface area contributed by atoms with Crippen LogP contribution in [0.25, 0.3) is 0 Å². The average Bonchev–Trinajstić information content (AvgIpc) is 2.34. The molecule has 0 radical (unpaired) electrons. The zero-order chi connectivity index (χ0) is 13.4. The molecule has 0 aliphatic heterocycles. The van der Waals surface area contributed by atoms with Gasteiger partial charge in [0.05, 0.1) is 6.61 Å². The van der Waals surface area contributed by atoms with E-state index in [2.05, 4.69) is 0 Å². The van der Waals surface area contributed by atoms with Crippen molar-refractivity contribution in [2.75, 3.05) is 25.6 Å². The summed E-state index contributed by atoms with van der Waals surface area (Å²) in [7, 11) is 0. The smallest absolute Gasteiger partial charge is 0.344 e. The SMILES string of the molecule is CCOCC(C)OC(=O)COc1cccc(N)c1. The highest BCUT2D eigenvalue weighted by Crippen LogP contribution is 2.14. The Morgan fingerprint density at radius 2 is 2.22 bits per heavy atom. The van der Waals surface area contributed by atoms with E-state index in [9.17, 15) is 4.79 Å². The van der Waals surface area contributed by atoms with Gasteiger partial charge in [0.1, 0.15) is 11.9 Å². The number of hydrogen-bond donors (Lipinski definition) is 1. The summed E-state index contributed by atoms with van der Waals surface area (Å²) in [5.74, 6) is 0.119. The van der Waals surface area contributed by atoms with Crippen molar-refractivity contribution < 1.29 is 19.0 Å². The lowest BCUT2D eigenvalue weighted by Gasteiger charge is -2.13. The van der Waals surface area contributed by atoms with Gasteiger partial charge in [-0.25, -0.2) is 4.79 Å². The monoisotopic (exact) mass is 253 g/mol. The lowest BCUT2D eigenvalue weighted by atomic mass is 10.3. The van der Waals surface area contributed by atoms with Gasteiger partial charge in [0.25, 0.3) is 0 Å². The Morgan fingerprint density at radius 3 is 2.89 bits per heavy atom. The van der Waals surface area contributed by atoms with Crippen LogP contribution in [0.3, 0.4) is 0 Å². The molecule has 2 N–H and O–H groups in total. The van der Waals surface area contributed by atoms with Gasteiger partial charge in [-0.3, -0.25) is 0 Å². The number of carbonyl (C=O) groups excluding carboxylic acids is 1. The Bertz CT molecular complexity index is 381. The molecule has 1 rings (SSSR count). The molecule has 5 nitrogen and oxygen atoms in total. The van der Waals surface area contributed by atoms with Crippen LogP contribution in [0.2, 0.25) is 0 Å². The van der Waals surface area contributed by atoms with Crippen LogP contribution < -0.4 is 10.5 Å². The Hall–Kier alpha value is -1.75. The zero-order valence-electron chi connectivity index (χ0n) is 10.7. The molecule has 1 aromatic rings. The molecule has 1 unspecified atom stereocenters. The predicted octanol–water partition coefficient (Wildman–Crippen LogP) is 1.62. The second-order valence-electron chi connectivity index (χ2n) is 3.82. The van der Waals surface area contributed by atoms with Crippen LogP contribution in [0.1, 0.15) is 13.8 Å². The molecule has 18 heavy (non-hydrogen) atoms. The van der Waals surface area contributed by atoms with E-state index in [0.29, 0.717) is 24.7 Å². The van der Waals surface area contributed by atoms with E-state index in [1.807, 2.05) is 6.92 Å². The van der Waals surface area contributed by atoms with E-state index in [1.165, 1.54) is 0 Å². The second kappa shape index (κ2) is 7.55. The lowest BCUT2D eigenvalue weighted by Crippen LogP contribution is -2.24. The van der Waals surface area contributed by atoms with Gasteiger partial charge in [-0.1, -0.05) is 6.07 Å². The maximum Gasteiger partial charge on any atom is 0.344 e. The number of anilines is 1. The third-order valence-electron chi connectivity index (χ3n) is 2.10. The molecule has 0 aliphatic rings. The van der Waals surface area contributed by atoms with Gasteiger partial charge in [-0.05, 0) is 26.0 Å². The first-order chi connectivity index (χ1) is 8.61. The molecule has 1 atom stereocenters. The molecule has 1 aromatic carbocycles. The van der Waals surface area contributed by atoms with Crippen molar-refractivity contribution in [3.63, 3.8) is 0 Å². The van der Waals surface area contributed by atoms with E-state index in [-0.39, 0.29) is 12.7 Å². The second-order valence-corrected chi connectivity index (χ2v) is 3.82. The molecule has 5 heteroatoms. The number of carbonyl (C=O) groups is 1. The van der Waals surface area contributed by atoms with Crippen molar-refractivity contribution in [3.05, 3.63) is 24.3 Å². The zero-order valence-corrected chi connectivity index (χ0v) is 10.7. The molecule has 0 saturated carbocycles. The van der Waals surface area contributed by atoms with Crippen molar-refractivity contribution in [2.24, 2.45) is 0 Å². The van der Waals surface area contributed by atoms with Gasteiger partial charge in [0, 0.05) is 18.4 Å². The van der Waals surface area contributed by atoms with Gasteiger partial charge >= 0.3 is 5.97 Å². The summed E-state index contributed by atoms with van der Waals surface area (Å²) in [5, 5.41) is 0. The fourth-order valence-electron chi connectivity index (χ4n) is 1.32. The van der Waals surface area contributed by atoms with E-state index < -0.39 is 5.97 Å². The summed E-state index contributed by atoms with van der Waals surface area (Å²) in [4.78, 5) is 11.4. The Kier molecular flexibility index (Phi) is 6.00. The van der Waals surface area contributed by atoms with Gasteiger partial charge in [0.15, 0.2) is 6.61 Å². The molecule has 100 valence electrons. The first-order valence-electron chi connectivity index (χ1n) is 5.87. The molecule has 0 spiro atoms. The maximum absolute atomic E-state index is 11.4. The molecular weight excluding hydrogens is 234 g/mol. The van der Waals surface area contributed by atoms with Crippen LogP contribution >= 0.6 is 0 Å². The van der Waals surface area contributed by atoms with Crippen LogP contribution in [0.5, 0.6) is 5.75 Å². The van der Waals surface area contributed by atoms with Crippen LogP contribution in [0, 0.1) is 0 Å². The average molecular weight is 253 g/mol. The minimum Gasteiger partial charge on any atom is -0.482 e. The van der Waals surface area contributed by atoms with Crippen LogP contribution in [-0.4, -0.2) is 31.9 Å². The first-order valence-corrected chi connectivity index (χ1v) is 5.87. The quantitative estimate of drug-likeness (QED) is 0.590. The molecule has 0 aromatic heterocycles. The van der Waals surface area contributed by atoms with Crippen LogP contribution in [0.15, 0.2) is 24.3 Å². The van der Waals surface area contributed by atoms with Crippen molar-refractivity contribution in [1.29, 1.82) is 0 Å². The standard InChI is InChI=1S/C13H19NO4/c1-3-16-8-10(2)18-13(15)9-17-12-6-4-5-11(14)7-12/h4-7,10H,3,8-9,14H2,1-2H3. The highest BCUT2D eigenvalue weighted by Gasteiger charge is 2.10. The Labute approximate surface area is 107 Å². The normalized spacial score (nSPS) is 11.9. The van der Waals surface area contributed by atoms with E-state index >= 15 is 0 Å². The number of benzene rings is 1. The third kappa shape index (κ3) is 5.54. The lowest BCUT2D eigenvalue weighted by molar-refractivity contribution is -0.153. The van der Waals surface area contributed by atoms with Crippen LogP contribution in [0.4, 0.5) is 5.69 Å². The van der Waals surface area contributed by atoms with Crippen molar-refractivity contribution >= 4 is 11.7 Å². The van der Waals surface area contributed by atoms with Crippen molar-refractivity contribution in [3.8, 4) is 5.75 Å². The summed E-state index contributed by atoms with van der Waals surface area (Å²) in [5.41, 5.74) is 6.18. The first kappa shape index (κ1) is 14.3. The molecule has 0 bridgehead atoms. The van der Waals surface area contributed by atoms with Gasteiger partial charge in [0.2, 0.25) is 0 Å². The number of nitrogen functional groups attached to an aromatic ring is 1. The molecule has 0 heterocycles.